The molecule has 0 fully saturated rings. The van der Waals surface area contributed by atoms with Gasteiger partial charge in [0.05, 0.1) is 17.5 Å². The Morgan fingerprint density at radius 1 is 1.44 bits per heavy atom. The number of hydrogen-bond donors (Lipinski definition) is 1. The van der Waals surface area contributed by atoms with Crippen LogP contribution in [0.5, 0.6) is 0 Å². The Bertz CT molecular complexity index is 526. The number of anilines is 1. The predicted octanol–water partition coefficient (Wildman–Crippen LogP) is 0.920. The summed E-state index contributed by atoms with van der Waals surface area (Å²) < 4.78 is 36.1. The summed E-state index contributed by atoms with van der Waals surface area (Å²) >= 11 is 0. The molecule has 0 radical (unpaired) electrons. The Hall–Kier alpha value is -1.63. The van der Waals surface area contributed by atoms with Gasteiger partial charge in [-0.15, -0.1) is 0 Å². The van der Waals surface area contributed by atoms with Gasteiger partial charge in [-0.05, 0) is 18.2 Å². The summed E-state index contributed by atoms with van der Waals surface area (Å²) in [4.78, 5) is 10.8. The fourth-order valence-electron chi connectivity index (χ4n) is 1.13. The molecule has 7 heteroatoms. The number of rotatable bonds is 3. The van der Waals surface area contributed by atoms with Crippen LogP contribution in [0.2, 0.25) is 0 Å². The van der Waals surface area contributed by atoms with E-state index in [2.05, 4.69) is 0 Å². The lowest BCUT2D eigenvalue weighted by Crippen LogP contribution is -2.26. The van der Waals surface area contributed by atoms with E-state index in [9.17, 15) is 17.6 Å². The number of nitrogens with zero attached hydrogens (tertiary/aromatic N) is 1. The molecule has 1 aromatic rings. The summed E-state index contributed by atoms with van der Waals surface area (Å²) in [5.41, 5.74) is -0.468. The van der Waals surface area contributed by atoms with Crippen LogP contribution in [0.25, 0.3) is 0 Å². The van der Waals surface area contributed by atoms with E-state index in [4.69, 9.17) is 5.11 Å². The Labute approximate surface area is 92.2 Å². The molecular formula is C9H10FNO4S. The Kier molecular flexibility index (Phi) is 3.18. The molecule has 0 heterocycles. The number of carboxylic acid groups (broad SMARTS) is 1. The SMILES string of the molecule is CN(c1ccc(F)cc1C(=O)O)S(C)(=O)=O. The molecule has 0 spiro atoms. The van der Waals surface area contributed by atoms with Crippen LogP contribution < -0.4 is 4.31 Å². The second-order valence-electron chi connectivity index (χ2n) is 3.20. The minimum Gasteiger partial charge on any atom is -0.478 e. The molecule has 0 amide bonds. The molecular weight excluding hydrogens is 237 g/mol. The van der Waals surface area contributed by atoms with Crippen LogP contribution in [-0.2, 0) is 10.0 Å². The van der Waals surface area contributed by atoms with Crippen molar-refractivity contribution in [1.82, 2.24) is 0 Å². The fourth-order valence-corrected chi connectivity index (χ4v) is 1.65. The van der Waals surface area contributed by atoms with E-state index in [0.717, 1.165) is 28.8 Å². The highest BCUT2D eigenvalue weighted by molar-refractivity contribution is 7.92. The molecule has 0 atom stereocenters. The first-order valence-corrected chi connectivity index (χ1v) is 6.05. The first-order chi connectivity index (χ1) is 7.23. The summed E-state index contributed by atoms with van der Waals surface area (Å²) in [6, 6.07) is 2.89. The van der Waals surface area contributed by atoms with E-state index in [-0.39, 0.29) is 5.69 Å². The minimum atomic E-state index is -3.58. The maximum atomic E-state index is 12.8. The zero-order chi connectivity index (χ0) is 12.5. The normalized spacial score (nSPS) is 11.2. The third-order valence-electron chi connectivity index (χ3n) is 2.03. The van der Waals surface area contributed by atoms with Gasteiger partial charge in [0.15, 0.2) is 0 Å². The quantitative estimate of drug-likeness (QED) is 0.861. The van der Waals surface area contributed by atoms with Crippen LogP contribution >= 0.6 is 0 Å². The molecule has 0 saturated carbocycles. The van der Waals surface area contributed by atoms with E-state index < -0.39 is 27.4 Å². The van der Waals surface area contributed by atoms with E-state index in [0.29, 0.717) is 0 Å². The van der Waals surface area contributed by atoms with Crippen molar-refractivity contribution in [1.29, 1.82) is 0 Å². The average Bonchev–Trinajstić information content (AvgIpc) is 2.15. The number of hydrogen-bond acceptors (Lipinski definition) is 3. The van der Waals surface area contributed by atoms with E-state index >= 15 is 0 Å². The molecule has 0 unspecified atom stereocenters. The molecule has 0 aliphatic heterocycles. The summed E-state index contributed by atoms with van der Waals surface area (Å²) in [6.45, 7) is 0. The summed E-state index contributed by atoms with van der Waals surface area (Å²) in [5.74, 6) is -2.12. The van der Waals surface area contributed by atoms with Crippen molar-refractivity contribution in [3.63, 3.8) is 0 Å². The molecule has 0 bridgehead atoms. The van der Waals surface area contributed by atoms with E-state index in [1.54, 1.807) is 0 Å². The van der Waals surface area contributed by atoms with Crippen molar-refractivity contribution < 1.29 is 22.7 Å². The Morgan fingerprint density at radius 2 is 2.00 bits per heavy atom. The molecule has 16 heavy (non-hydrogen) atoms. The van der Waals surface area contributed by atoms with Gasteiger partial charge in [-0.1, -0.05) is 0 Å². The largest absolute Gasteiger partial charge is 0.478 e. The molecule has 0 aliphatic carbocycles. The van der Waals surface area contributed by atoms with E-state index in [1.165, 1.54) is 7.05 Å². The standard InChI is InChI=1S/C9H10FNO4S/c1-11(16(2,14)15)8-4-3-6(10)5-7(8)9(12)13/h3-5H,1-2H3,(H,12,13). The lowest BCUT2D eigenvalue weighted by Gasteiger charge is -2.18. The zero-order valence-corrected chi connectivity index (χ0v) is 9.45. The van der Waals surface area contributed by atoms with Gasteiger partial charge in [0.1, 0.15) is 5.82 Å². The van der Waals surface area contributed by atoms with Gasteiger partial charge in [-0.2, -0.15) is 0 Å². The number of carboxylic acids is 1. The molecule has 0 saturated heterocycles. The van der Waals surface area contributed by atoms with Crippen LogP contribution in [0.4, 0.5) is 10.1 Å². The van der Waals surface area contributed by atoms with Gasteiger partial charge in [0.2, 0.25) is 10.0 Å². The van der Waals surface area contributed by atoms with E-state index in [1.807, 2.05) is 0 Å². The second kappa shape index (κ2) is 4.09. The monoisotopic (exact) mass is 247 g/mol. The van der Waals surface area contributed by atoms with Gasteiger partial charge in [-0.25, -0.2) is 17.6 Å². The number of sulfonamides is 1. The van der Waals surface area contributed by atoms with Crippen molar-refractivity contribution in [2.45, 2.75) is 0 Å². The zero-order valence-electron chi connectivity index (χ0n) is 8.64. The highest BCUT2D eigenvalue weighted by atomic mass is 32.2. The minimum absolute atomic E-state index is 0.0728. The molecule has 0 aliphatic rings. The van der Waals surface area contributed by atoms with Crippen molar-refractivity contribution in [2.75, 3.05) is 17.6 Å². The van der Waals surface area contributed by atoms with Gasteiger partial charge in [0.25, 0.3) is 0 Å². The Morgan fingerprint density at radius 3 is 2.44 bits per heavy atom. The highest BCUT2D eigenvalue weighted by Crippen LogP contribution is 2.22. The van der Waals surface area contributed by atoms with Crippen molar-refractivity contribution in [2.24, 2.45) is 0 Å². The van der Waals surface area contributed by atoms with Crippen LogP contribution in [0.1, 0.15) is 10.4 Å². The number of halogens is 1. The molecule has 88 valence electrons. The smallest absolute Gasteiger partial charge is 0.337 e. The van der Waals surface area contributed by atoms with Crippen molar-refractivity contribution in [3.8, 4) is 0 Å². The van der Waals surface area contributed by atoms with Crippen LogP contribution in [-0.4, -0.2) is 32.8 Å². The third-order valence-corrected chi connectivity index (χ3v) is 3.22. The lowest BCUT2D eigenvalue weighted by molar-refractivity contribution is 0.0697. The molecule has 5 nitrogen and oxygen atoms in total. The highest BCUT2D eigenvalue weighted by Gasteiger charge is 2.19. The van der Waals surface area contributed by atoms with Crippen LogP contribution in [0, 0.1) is 5.82 Å². The molecule has 1 rings (SSSR count). The first kappa shape index (κ1) is 12.4. The van der Waals surface area contributed by atoms with Crippen molar-refractivity contribution in [3.05, 3.63) is 29.6 Å². The molecule has 1 aromatic carbocycles. The fraction of sp³-hybridized carbons (Fsp3) is 0.222. The Balaban J connectivity index is 3.40. The third kappa shape index (κ3) is 2.48. The van der Waals surface area contributed by atoms with Gasteiger partial charge in [0, 0.05) is 7.05 Å². The summed E-state index contributed by atoms with van der Waals surface area (Å²) in [7, 11) is -2.37. The number of carbonyl (C=O) groups is 1. The predicted molar refractivity (Wildman–Crippen MR) is 56.6 cm³/mol. The van der Waals surface area contributed by atoms with Crippen LogP contribution in [0.15, 0.2) is 18.2 Å². The first-order valence-electron chi connectivity index (χ1n) is 4.20. The molecule has 0 aromatic heterocycles. The second-order valence-corrected chi connectivity index (χ2v) is 5.21. The topological polar surface area (TPSA) is 74.7 Å². The van der Waals surface area contributed by atoms with Gasteiger partial charge >= 0.3 is 5.97 Å². The molecule has 1 N–H and O–H groups in total. The summed E-state index contributed by atoms with van der Waals surface area (Å²) in [5, 5.41) is 8.82. The maximum Gasteiger partial charge on any atom is 0.337 e. The van der Waals surface area contributed by atoms with Gasteiger partial charge in [-0.3, -0.25) is 4.31 Å². The number of benzene rings is 1. The average molecular weight is 247 g/mol. The van der Waals surface area contributed by atoms with Gasteiger partial charge < -0.3 is 5.11 Å². The van der Waals surface area contributed by atoms with Crippen molar-refractivity contribution >= 4 is 21.7 Å². The lowest BCUT2D eigenvalue weighted by atomic mass is 10.2. The van der Waals surface area contributed by atoms with Crippen LogP contribution in [0.3, 0.4) is 0 Å². The summed E-state index contributed by atoms with van der Waals surface area (Å²) in [6.07, 6.45) is 0.933. The maximum absolute atomic E-state index is 12.8. The number of aromatic carboxylic acids is 1.